The first kappa shape index (κ1) is 13.8. The summed E-state index contributed by atoms with van der Waals surface area (Å²) >= 11 is 0. The lowest BCUT2D eigenvalue weighted by Gasteiger charge is -2.21. The van der Waals surface area contributed by atoms with Crippen molar-refractivity contribution in [3.8, 4) is 0 Å². The Hall–Kier alpha value is -2.81. The van der Waals surface area contributed by atoms with Crippen LogP contribution in [0.25, 0.3) is 0 Å². The number of nitrogens with zero attached hydrogens (tertiary/aromatic N) is 3. The number of para-hydroxylation sites is 2. The lowest BCUT2D eigenvalue weighted by Crippen LogP contribution is -2.24. The van der Waals surface area contributed by atoms with Gasteiger partial charge in [-0.25, -0.2) is 0 Å². The molecule has 0 N–H and O–H groups in total. The van der Waals surface area contributed by atoms with Crippen LogP contribution < -0.4 is 9.80 Å². The molecule has 0 saturated heterocycles. The van der Waals surface area contributed by atoms with Gasteiger partial charge >= 0.3 is 0 Å². The quantitative estimate of drug-likeness (QED) is 0.719. The topological polar surface area (TPSA) is 19.4 Å². The van der Waals surface area contributed by atoms with Gasteiger partial charge in [0.25, 0.3) is 0 Å². The third-order valence-corrected chi connectivity index (χ3v) is 4.08. The highest BCUT2D eigenvalue weighted by atomic mass is 15.4. The Morgan fingerprint density at radius 1 is 0.609 bits per heavy atom. The predicted octanol–water partition coefficient (Wildman–Crippen LogP) is 4.23. The van der Waals surface area contributed by atoms with Crippen molar-refractivity contribution in [3.63, 3.8) is 0 Å². The van der Waals surface area contributed by atoms with E-state index in [-0.39, 0.29) is 0 Å². The van der Waals surface area contributed by atoms with E-state index in [2.05, 4.69) is 88.2 Å². The standard InChI is InChI=1S/C20H18N3/c1-2-6-17(7-3-1)14-22-16-23(15-18-10-12-21-13-11-18)20-9-5-4-8-19(20)22/h1-13,16H,14-15H2. The molecule has 1 aliphatic heterocycles. The SMILES string of the molecule is [CH]1N(Cc2ccccc2)c2ccccc2N1Cc1ccncc1. The second-order valence-corrected chi connectivity index (χ2v) is 5.70. The van der Waals surface area contributed by atoms with Gasteiger partial charge in [-0.2, -0.15) is 0 Å². The monoisotopic (exact) mass is 300 g/mol. The average molecular weight is 300 g/mol. The lowest BCUT2D eigenvalue weighted by atomic mass is 10.2. The predicted molar refractivity (Wildman–Crippen MR) is 93.8 cm³/mol. The summed E-state index contributed by atoms with van der Waals surface area (Å²) in [7, 11) is 0. The molecule has 4 rings (SSSR count). The van der Waals surface area contributed by atoms with Gasteiger partial charge in [0, 0.05) is 25.5 Å². The van der Waals surface area contributed by atoms with Gasteiger partial charge < -0.3 is 9.80 Å². The van der Waals surface area contributed by atoms with Crippen molar-refractivity contribution < 1.29 is 0 Å². The molecule has 0 unspecified atom stereocenters. The van der Waals surface area contributed by atoms with Crippen molar-refractivity contribution in [2.24, 2.45) is 0 Å². The van der Waals surface area contributed by atoms with Crippen LogP contribution in [0.1, 0.15) is 11.1 Å². The maximum atomic E-state index is 4.10. The average Bonchev–Trinajstić information content (AvgIpc) is 2.95. The molecule has 23 heavy (non-hydrogen) atoms. The van der Waals surface area contributed by atoms with Gasteiger partial charge in [0.05, 0.1) is 11.4 Å². The van der Waals surface area contributed by atoms with Gasteiger partial charge in [-0.15, -0.1) is 0 Å². The van der Waals surface area contributed by atoms with Gasteiger partial charge in [0.2, 0.25) is 0 Å². The molecule has 113 valence electrons. The third-order valence-electron chi connectivity index (χ3n) is 4.08. The molecular weight excluding hydrogens is 282 g/mol. The summed E-state index contributed by atoms with van der Waals surface area (Å²) in [6.45, 7) is 3.94. The van der Waals surface area contributed by atoms with E-state index in [1.165, 1.54) is 22.5 Å². The molecular formula is C20H18N3. The number of rotatable bonds is 4. The molecule has 2 aromatic carbocycles. The fraction of sp³-hybridized carbons (Fsp3) is 0.100. The van der Waals surface area contributed by atoms with E-state index >= 15 is 0 Å². The molecule has 3 aromatic rings. The number of pyridine rings is 1. The normalized spacial score (nSPS) is 13.2. The summed E-state index contributed by atoms with van der Waals surface area (Å²) in [5.41, 5.74) is 5.07. The third kappa shape index (κ3) is 2.90. The number of fused-ring (bicyclic) bond motifs is 1. The van der Waals surface area contributed by atoms with Crippen LogP contribution in [0.3, 0.4) is 0 Å². The molecule has 1 radical (unpaired) electrons. The van der Waals surface area contributed by atoms with Crippen LogP contribution in [0.2, 0.25) is 0 Å². The van der Waals surface area contributed by atoms with Crippen LogP contribution in [0.5, 0.6) is 0 Å². The fourth-order valence-corrected chi connectivity index (χ4v) is 2.96. The summed E-state index contributed by atoms with van der Waals surface area (Å²) in [4.78, 5) is 8.71. The van der Waals surface area contributed by atoms with Crippen molar-refractivity contribution in [2.45, 2.75) is 13.1 Å². The highest BCUT2D eigenvalue weighted by Crippen LogP contribution is 2.39. The number of hydrogen-bond acceptors (Lipinski definition) is 3. The molecule has 3 heteroatoms. The highest BCUT2D eigenvalue weighted by Gasteiger charge is 2.26. The van der Waals surface area contributed by atoms with E-state index in [9.17, 15) is 0 Å². The van der Waals surface area contributed by atoms with E-state index in [0.717, 1.165) is 13.1 Å². The summed E-state index contributed by atoms with van der Waals surface area (Å²) < 4.78 is 0. The molecule has 0 aliphatic carbocycles. The van der Waals surface area contributed by atoms with E-state index in [1.807, 2.05) is 12.4 Å². The van der Waals surface area contributed by atoms with Crippen LogP contribution in [0.4, 0.5) is 11.4 Å². The largest absolute Gasteiger partial charge is 0.342 e. The zero-order valence-corrected chi connectivity index (χ0v) is 12.8. The molecule has 0 atom stereocenters. The Labute approximate surface area is 136 Å². The molecule has 1 aliphatic rings. The zero-order chi connectivity index (χ0) is 15.5. The Morgan fingerprint density at radius 2 is 1.13 bits per heavy atom. The first-order valence-electron chi connectivity index (χ1n) is 7.80. The van der Waals surface area contributed by atoms with Gasteiger partial charge in [-0.3, -0.25) is 4.98 Å². The van der Waals surface area contributed by atoms with Crippen LogP contribution in [0, 0.1) is 6.67 Å². The van der Waals surface area contributed by atoms with E-state index < -0.39 is 0 Å². The molecule has 0 saturated carbocycles. The zero-order valence-electron chi connectivity index (χ0n) is 12.8. The van der Waals surface area contributed by atoms with Crippen molar-refractivity contribution in [3.05, 3.63) is 96.9 Å². The van der Waals surface area contributed by atoms with Crippen molar-refractivity contribution in [1.82, 2.24) is 4.98 Å². The second kappa shape index (κ2) is 6.13. The highest BCUT2D eigenvalue weighted by molar-refractivity contribution is 5.78. The van der Waals surface area contributed by atoms with Gasteiger partial charge in [0.1, 0.15) is 6.67 Å². The first-order chi connectivity index (χ1) is 11.4. The molecule has 3 nitrogen and oxygen atoms in total. The van der Waals surface area contributed by atoms with Crippen LogP contribution in [-0.2, 0) is 13.1 Å². The van der Waals surface area contributed by atoms with E-state index in [4.69, 9.17) is 0 Å². The van der Waals surface area contributed by atoms with Gasteiger partial charge in [-0.1, -0.05) is 42.5 Å². The smallest absolute Gasteiger partial charge is 0.142 e. The van der Waals surface area contributed by atoms with Crippen LogP contribution in [-0.4, -0.2) is 4.98 Å². The van der Waals surface area contributed by atoms with Crippen LogP contribution >= 0.6 is 0 Å². The summed E-state index contributed by atoms with van der Waals surface area (Å²) in [5.74, 6) is 0. The molecule has 0 amide bonds. The molecule has 0 bridgehead atoms. The van der Waals surface area contributed by atoms with Crippen molar-refractivity contribution in [1.29, 1.82) is 0 Å². The minimum Gasteiger partial charge on any atom is -0.342 e. The number of hydrogen-bond donors (Lipinski definition) is 0. The van der Waals surface area contributed by atoms with Gasteiger partial charge in [0.15, 0.2) is 0 Å². The molecule has 1 aromatic heterocycles. The minimum absolute atomic E-state index is 0.852. The first-order valence-corrected chi connectivity index (χ1v) is 7.80. The van der Waals surface area contributed by atoms with Crippen LogP contribution in [0.15, 0.2) is 79.1 Å². The maximum absolute atomic E-state index is 4.10. The summed E-state index contributed by atoms with van der Waals surface area (Å²) in [6, 6.07) is 23.3. The molecule has 0 fully saturated rings. The fourth-order valence-electron chi connectivity index (χ4n) is 2.96. The Kier molecular flexibility index (Phi) is 3.68. The maximum Gasteiger partial charge on any atom is 0.142 e. The molecule has 0 spiro atoms. The molecule has 2 heterocycles. The Morgan fingerprint density at radius 3 is 1.74 bits per heavy atom. The van der Waals surface area contributed by atoms with E-state index in [1.54, 1.807) is 0 Å². The van der Waals surface area contributed by atoms with Crippen molar-refractivity contribution >= 4 is 11.4 Å². The second-order valence-electron chi connectivity index (χ2n) is 5.70. The van der Waals surface area contributed by atoms with E-state index in [0.29, 0.717) is 0 Å². The van der Waals surface area contributed by atoms with Crippen molar-refractivity contribution in [2.75, 3.05) is 9.80 Å². The number of aromatic nitrogens is 1. The summed E-state index contributed by atoms with van der Waals surface area (Å²) in [6.07, 6.45) is 3.69. The van der Waals surface area contributed by atoms with Gasteiger partial charge in [-0.05, 0) is 35.4 Å². The summed E-state index contributed by atoms with van der Waals surface area (Å²) in [5, 5.41) is 0. The minimum atomic E-state index is 0.852. The lowest BCUT2D eigenvalue weighted by molar-refractivity contribution is 0.848. The Balaban J connectivity index is 1.59. The number of benzene rings is 2. The number of anilines is 2. The Bertz CT molecular complexity index is 705.